The minimum Gasteiger partial charge on any atom is -0.481 e. The molecule has 3 aliphatic carbocycles. The van der Waals surface area contributed by atoms with Gasteiger partial charge in [0.05, 0.1) is 24.9 Å². The number of aliphatic carboxylic acids is 1. The third-order valence-electron chi connectivity index (χ3n) is 12.6. The number of nitrogens with one attached hydrogen (secondary N) is 1. The third-order valence-corrected chi connectivity index (χ3v) is 13.0. The summed E-state index contributed by atoms with van der Waals surface area (Å²) in [5.41, 5.74) is 3.45. The Morgan fingerprint density at radius 1 is 0.931 bits per heavy atom. The highest BCUT2D eigenvalue weighted by molar-refractivity contribution is 6.36. The van der Waals surface area contributed by atoms with Crippen molar-refractivity contribution in [3.05, 3.63) is 87.4 Å². The average molecular weight is 819 g/mol. The molecule has 2 aromatic carbocycles. The molecule has 10 nitrogen and oxygen atoms in total. The number of methoxy groups -OCH3 is 2. The second kappa shape index (κ2) is 16.1. The number of nitrogens with zero attached hydrogens (tertiary/aromatic N) is 3. The van der Waals surface area contributed by atoms with Gasteiger partial charge in [-0.25, -0.2) is 4.98 Å². The van der Waals surface area contributed by atoms with Gasteiger partial charge in [0.15, 0.2) is 0 Å². The van der Waals surface area contributed by atoms with Crippen molar-refractivity contribution in [2.75, 3.05) is 27.3 Å². The quantitative estimate of drug-likeness (QED) is 0.135. The molecular weight excluding hydrogens is 773 g/mol. The molecule has 2 aliphatic heterocycles. The number of hydrogen-bond acceptors (Lipinski definition) is 9. The monoisotopic (exact) mass is 818 g/mol. The molecule has 9 rings (SSSR count). The summed E-state index contributed by atoms with van der Waals surface area (Å²) in [6.07, 6.45) is 0.0727. The van der Waals surface area contributed by atoms with E-state index in [1.807, 2.05) is 48.5 Å². The number of carbonyl (C=O) groups is 2. The Hall–Kier alpha value is -4.72. The van der Waals surface area contributed by atoms with Crippen LogP contribution in [-0.2, 0) is 35.3 Å². The molecular formula is C44H46ClF3N4O6. The highest BCUT2D eigenvalue weighted by atomic mass is 35.5. The number of aromatic nitrogens is 2. The van der Waals surface area contributed by atoms with Crippen LogP contribution in [-0.4, -0.2) is 64.6 Å². The molecule has 2 saturated carbocycles. The SMILES string of the molecule is COc1nc(-c2cccc(-c3cccc4c3CC[C@@H]4Oc3nc(OC)c(CN4CC5CCC4(C(=O)O)CC5)cc3C(F)(F)F)c2Cl)ccc1CNC[C@@H]1CCC(=O)C1. The lowest BCUT2D eigenvalue weighted by Crippen LogP contribution is -2.62. The minimum atomic E-state index is -4.80. The summed E-state index contributed by atoms with van der Waals surface area (Å²) < 4.78 is 61.6. The maximum atomic E-state index is 14.8. The molecule has 5 aliphatic rings. The number of rotatable bonds is 13. The van der Waals surface area contributed by atoms with E-state index in [2.05, 4.69) is 10.3 Å². The predicted octanol–water partition coefficient (Wildman–Crippen LogP) is 8.85. The number of alkyl halides is 3. The molecule has 0 radical (unpaired) electrons. The van der Waals surface area contributed by atoms with E-state index in [9.17, 15) is 27.9 Å². The molecule has 2 atom stereocenters. The summed E-state index contributed by atoms with van der Waals surface area (Å²) in [7, 11) is 2.91. The fraction of sp³-hybridized carbons (Fsp3) is 0.455. The smallest absolute Gasteiger partial charge is 0.421 e. The number of ether oxygens (including phenoxy) is 3. The van der Waals surface area contributed by atoms with Crippen LogP contribution < -0.4 is 19.5 Å². The molecule has 306 valence electrons. The van der Waals surface area contributed by atoms with Gasteiger partial charge in [-0.2, -0.15) is 18.2 Å². The summed E-state index contributed by atoms with van der Waals surface area (Å²) in [5.74, 6) is -0.139. The molecule has 14 heteroatoms. The van der Waals surface area contributed by atoms with E-state index >= 15 is 0 Å². The van der Waals surface area contributed by atoms with E-state index in [4.69, 9.17) is 30.8 Å². The number of carboxylic acids is 1. The molecule has 58 heavy (non-hydrogen) atoms. The summed E-state index contributed by atoms with van der Waals surface area (Å²) in [4.78, 5) is 35.0. The zero-order chi connectivity index (χ0) is 40.8. The molecule has 0 unspecified atom stereocenters. The van der Waals surface area contributed by atoms with Gasteiger partial charge in [-0.3, -0.25) is 14.5 Å². The summed E-state index contributed by atoms with van der Waals surface area (Å²) in [6.45, 7) is 1.74. The highest BCUT2D eigenvalue weighted by Crippen LogP contribution is 2.48. The number of carboxylic acid groups (broad SMARTS) is 1. The third kappa shape index (κ3) is 7.64. The molecule has 4 heterocycles. The lowest BCUT2D eigenvalue weighted by Gasteiger charge is -2.52. The van der Waals surface area contributed by atoms with Gasteiger partial charge in [-0.15, -0.1) is 0 Å². The van der Waals surface area contributed by atoms with Crippen LogP contribution in [0.4, 0.5) is 13.2 Å². The van der Waals surface area contributed by atoms with E-state index in [1.54, 1.807) is 12.0 Å². The second-order valence-electron chi connectivity index (χ2n) is 16.0. The lowest BCUT2D eigenvalue weighted by molar-refractivity contribution is -0.162. The largest absolute Gasteiger partial charge is 0.481 e. The Kier molecular flexibility index (Phi) is 11.2. The van der Waals surface area contributed by atoms with Gasteiger partial charge >= 0.3 is 12.1 Å². The van der Waals surface area contributed by atoms with Crippen molar-refractivity contribution >= 4 is 23.4 Å². The predicted molar refractivity (Wildman–Crippen MR) is 211 cm³/mol. The van der Waals surface area contributed by atoms with Crippen LogP contribution in [0.25, 0.3) is 22.4 Å². The Bertz CT molecular complexity index is 2230. The van der Waals surface area contributed by atoms with Crippen LogP contribution in [0.3, 0.4) is 0 Å². The van der Waals surface area contributed by atoms with Crippen LogP contribution in [0.1, 0.15) is 85.3 Å². The lowest BCUT2D eigenvalue weighted by atomic mass is 9.70. The first-order valence-corrected chi connectivity index (χ1v) is 20.2. The first-order valence-electron chi connectivity index (χ1n) is 19.9. The van der Waals surface area contributed by atoms with Gasteiger partial charge in [-0.1, -0.05) is 54.1 Å². The topological polar surface area (TPSA) is 123 Å². The van der Waals surface area contributed by atoms with Crippen LogP contribution in [0, 0.1) is 11.8 Å². The first-order chi connectivity index (χ1) is 27.9. The first kappa shape index (κ1) is 40.1. The van der Waals surface area contributed by atoms with Crippen LogP contribution in [0.15, 0.2) is 54.6 Å². The van der Waals surface area contributed by atoms with Gasteiger partial charge in [-0.05, 0) is 92.1 Å². The van der Waals surface area contributed by atoms with Crippen LogP contribution in [0.5, 0.6) is 17.6 Å². The molecule has 2 saturated heterocycles. The maximum Gasteiger partial charge on any atom is 0.421 e. The van der Waals surface area contributed by atoms with Crippen molar-refractivity contribution in [1.82, 2.24) is 20.2 Å². The number of carbonyl (C=O) groups excluding carboxylic acids is 1. The number of ketones is 1. The highest BCUT2D eigenvalue weighted by Gasteiger charge is 2.52. The standard InChI is InChI=1S/C44H46ClF3N4O6/c1-56-39-27(22-49-21-26-9-11-29(53)19-26)10-13-36(50-39)34-8-4-7-33(38(34)45)30-5-3-6-32-31(30)12-14-37(32)58-41-35(44(46,47)48)20-28(40(51-41)57-2)24-52-23-25-15-17-43(52,18-16-25)42(54)55/h3-8,10,13,20,25-26,37,49H,9,11-12,14-19,21-24H2,1-2H3,(H,54,55)/t25?,26-,37+,43?/m1/s1. The number of fused-ring (bicyclic) bond motifs is 4. The fourth-order valence-electron chi connectivity index (χ4n) is 9.49. The molecule has 0 spiro atoms. The Morgan fingerprint density at radius 3 is 2.36 bits per heavy atom. The fourth-order valence-corrected chi connectivity index (χ4v) is 9.81. The van der Waals surface area contributed by atoms with Gasteiger partial charge < -0.3 is 24.6 Å². The van der Waals surface area contributed by atoms with E-state index in [1.165, 1.54) is 7.11 Å². The normalized spacial score (nSPS) is 22.9. The summed E-state index contributed by atoms with van der Waals surface area (Å²) in [5, 5.41) is 14.1. The molecule has 0 amide bonds. The Balaban J connectivity index is 1.04. The number of piperidine rings is 2. The summed E-state index contributed by atoms with van der Waals surface area (Å²) >= 11 is 7.15. The van der Waals surface area contributed by atoms with Crippen molar-refractivity contribution < 1.29 is 42.1 Å². The van der Waals surface area contributed by atoms with Crippen molar-refractivity contribution in [2.24, 2.45) is 11.8 Å². The number of hydrogen-bond donors (Lipinski definition) is 2. The van der Waals surface area contributed by atoms with Crippen molar-refractivity contribution in [2.45, 2.75) is 88.7 Å². The van der Waals surface area contributed by atoms with Crippen molar-refractivity contribution in [3.8, 4) is 40.0 Å². The van der Waals surface area contributed by atoms with Gasteiger partial charge in [0.2, 0.25) is 17.6 Å². The average Bonchev–Trinajstić information content (AvgIpc) is 3.83. The number of pyridine rings is 2. The van der Waals surface area contributed by atoms with Crippen molar-refractivity contribution in [3.63, 3.8) is 0 Å². The Labute approximate surface area is 340 Å². The van der Waals surface area contributed by atoms with E-state index < -0.39 is 35.2 Å². The van der Waals surface area contributed by atoms with Crippen LogP contribution >= 0.6 is 11.6 Å². The second-order valence-corrected chi connectivity index (χ2v) is 16.4. The van der Waals surface area contributed by atoms with Crippen molar-refractivity contribution in [1.29, 1.82) is 0 Å². The minimum absolute atomic E-state index is 0.0307. The number of benzene rings is 2. The zero-order valence-electron chi connectivity index (χ0n) is 32.5. The van der Waals surface area contributed by atoms with E-state index in [-0.39, 0.29) is 18.0 Å². The van der Waals surface area contributed by atoms with Gasteiger partial charge in [0.1, 0.15) is 23.0 Å². The maximum absolute atomic E-state index is 14.8. The number of halogens is 4. The molecule has 2 bridgehead atoms. The number of Topliss-reactive ketones (excluding diaryl/α,β-unsaturated/α-hetero) is 1. The van der Waals surface area contributed by atoms with Gasteiger partial charge in [0.25, 0.3) is 0 Å². The molecule has 2 N–H and O–H groups in total. The Morgan fingerprint density at radius 2 is 1.66 bits per heavy atom. The molecule has 4 fully saturated rings. The molecule has 2 aromatic heterocycles. The van der Waals surface area contributed by atoms with Crippen LogP contribution in [0.2, 0.25) is 5.02 Å². The van der Waals surface area contributed by atoms with Gasteiger partial charge in [0, 0.05) is 54.7 Å². The van der Waals surface area contributed by atoms with E-state index in [0.717, 1.165) is 59.7 Å². The zero-order valence-corrected chi connectivity index (χ0v) is 33.2. The van der Waals surface area contributed by atoms with E-state index in [0.29, 0.717) is 91.4 Å². The molecule has 4 aromatic rings. The summed E-state index contributed by atoms with van der Waals surface area (Å²) in [6, 6.07) is 16.2.